The molecule has 0 aliphatic heterocycles. The number of methoxy groups -OCH3 is 1. The number of nitrogens with two attached hydrogens (primary N) is 1. The third-order valence-corrected chi connectivity index (χ3v) is 4.65. The molecule has 2 rings (SSSR count). The molecule has 1 unspecified atom stereocenters. The Morgan fingerprint density at radius 3 is 2.86 bits per heavy atom. The minimum atomic E-state index is -0.293. The lowest BCUT2D eigenvalue weighted by molar-refractivity contribution is -0.115. The summed E-state index contributed by atoms with van der Waals surface area (Å²) in [6.45, 7) is 3.64. The Bertz CT molecular complexity index is 645. The predicted molar refractivity (Wildman–Crippen MR) is 86.0 cm³/mol. The van der Waals surface area contributed by atoms with Crippen molar-refractivity contribution in [2.75, 3.05) is 18.2 Å². The van der Waals surface area contributed by atoms with E-state index < -0.39 is 0 Å². The number of thioether (sulfide) groups is 1. The summed E-state index contributed by atoms with van der Waals surface area (Å²) in [5, 5.41) is 2.51. The average Bonchev–Trinajstić information content (AvgIpc) is 2.86. The van der Waals surface area contributed by atoms with E-state index in [1.165, 1.54) is 23.3 Å². The maximum absolute atomic E-state index is 12.2. The van der Waals surface area contributed by atoms with E-state index in [1.54, 1.807) is 25.3 Å². The lowest BCUT2D eigenvalue weighted by atomic mass is 10.2. The number of aromatic nitrogens is 2. The molecule has 112 valence electrons. The van der Waals surface area contributed by atoms with Crippen molar-refractivity contribution in [3.63, 3.8) is 0 Å². The number of nitrogen functional groups attached to an aromatic ring is 1. The number of rotatable bonds is 5. The third-order valence-electron chi connectivity index (χ3n) is 2.67. The average molecular weight is 324 g/mol. The summed E-state index contributed by atoms with van der Waals surface area (Å²) < 4.78 is 9.94. The lowest BCUT2D eigenvalue weighted by Crippen LogP contribution is -2.22. The Morgan fingerprint density at radius 1 is 1.52 bits per heavy atom. The summed E-state index contributed by atoms with van der Waals surface area (Å²) in [5.74, 6) is 1.23. The molecule has 1 aromatic heterocycles. The molecule has 1 heterocycles. The van der Waals surface area contributed by atoms with E-state index in [1.807, 2.05) is 13.8 Å². The highest BCUT2D eigenvalue weighted by Crippen LogP contribution is 2.28. The van der Waals surface area contributed by atoms with Crippen molar-refractivity contribution in [1.29, 1.82) is 0 Å². The van der Waals surface area contributed by atoms with Gasteiger partial charge in [-0.3, -0.25) is 4.79 Å². The summed E-state index contributed by atoms with van der Waals surface area (Å²) in [4.78, 5) is 16.4. The Hall–Kier alpha value is -1.80. The van der Waals surface area contributed by atoms with Crippen molar-refractivity contribution >= 4 is 40.6 Å². The first-order valence-electron chi connectivity index (χ1n) is 6.21. The van der Waals surface area contributed by atoms with E-state index in [0.29, 0.717) is 17.1 Å². The Labute approximate surface area is 131 Å². The fourth-order valence-electron chi connectivity index (χ4n) is 1.55. The van der Waals surface area contributed by atoms with Crippen molar-refractivity contribution in [3.05, 3.63) is 24.0 Å². The second-order valence-electron chi connectivity index (χ2n) is 4.31. The molecule has 2 aromatic rings. The van der Waals surface area contributed by atoms with Crippen molar-refractivity contribution in [2.24, 2.45) is 0 Å². The largest absolute Gasteiger partial charge is 0.497 e. The normalized spacial score (nSPS) is 12.0. The van der Waals surface area contributed by atoms with Gasteiger partial charge in [-0.2, -0.15) is 4.37 Å². The fraction of sp³-hybridized carbons (Fsp3) is 0.308. The van der Waals surface area contributed by atoms with Gasteiger partial charge < -0.3 is 15.8 Å². The Kier molecular flexibility index (Phi) is 5.03. The number of aryl methyl sites for hydroxylation is 1. The van der Waals surface area contributed by atoms with Crippen molar-refractivity contribution in [1.82, 2.24) is 9.36 Å². The third kappa shape index (κ3) is 4.08. The van der Waals surface area contributed by atoms with Crippen LogP contribution in [0.5, 0.6) is 5.75 Å². The quantitative estimate of drug-likeness (QED) is 0.649. The van der Waals surface area contributed by atoms with E-state index >= 15 is 0 Å². The molecular weight excluding hydrogens is 308 g/mol. The molecule has 3 N–H and O–H groups in total. The van der Waals surface area contributed by atoms with Gasteiger partial charge in [-0.15, -0.1) is 0 Å². The summed E-state index contributed by atoms with van der Waals surface area (Å²) in [6.07, 6.45) is 0. The number of anilines is 2. The minimum absolute atomic E-state index is 0.135. The van der Waals surface area contributed by atoms with Crippen LogP contribution in [0.4, 0.5) is 11.4 Å². The number of hydrogen-bond acceptors (Lipinski definition) is 7. The van der Waals surface area contributed by atoms with Crippen LogP contribution in [-0.4, -0.2) is 27.6 Å². The van der Waals surface area contributed by atoms with Crippen LogP contribution in [0.1, 0.15) is 12.7 Å². The number of nitrogens with zero attached hydrogens (tertiary/aromatic N) is 2. The predicted octanol–water partition coefficient (Wildman–Crippen LogP) is 2.56. The zero-order valence-corrected chi connectivity index (χ0v) is 13.5. The molecule has 0 bridgehead atoms. The minimum Gasteiger partial charge on any atom is -0.497 e. The van der Waals surface area contributed by atoms with Crippen LogP contribution in [-0.2, 0) is 4.79 Å². The van der Waals surface area contributed by atoms with Crippen LogP contribution in [0, 0.1) is 6.92 Å². The van der Waals surface area contributed by atoms with Gasteiger partial charge in [0, 0.05) is 6.07 Å². The van der Waals surface area contributed by atoms with Gasteiger partial charge in [-0.05, 0) is 37.5 Å². The van der Waals surface area contributed by atoms with Gasteiger partial charge in [0.15, 0.2) is 4.34 Å². The van der Waals surface area contributed by atoms with Crippen molar-refractivity contribution < 1.29 is 9.53 Å². The summed E-state index contributed by atoms with van der Waals surface area (Å²) in [6, 6.07) is 5.14. The molecule has 0 radical (unpaired) electrons. The van der Waals surface area contributed by atoms with Crippen LogP contribution in [0.2, 0.25) is 0 Å². The molecule has 8 heteroatoms. The molecule has 0 aliphatic carbocycles. The summed E-state index contributed by atoms with van der Waals surface area (Å²) in [7, 11) is 1.57. The standard InChI is InChI=1S/C13H16N4O2S2/c1-7(20-13-15-8(2)17-21-13)12(18)16-11-5-4-9(19-3)6-10(11)14/h4-7H,14H2,1-3H3,(H,16,18). The molecule has 6 nitrogen and oxygen atoms in total. The first-order valence-corrected chi connectivity index (χ1v) is 7.86. The molecule has 0 saturated heterocycles. The number of nitrogens with one attached hydrogen (secondary N) is 1. The number of amides is 1. The van der Waals surface area contributed by atoms with Gasteiger partial charge in [0.2, 0.25) is 5.91 Å². The fourth-order valence-corrected chi connectivity index (χ4v) is 3.34. The van der Waals surface area contributed by atoms with Crippen LogP contribution in [0.25, 0.3) is 0 Å². The number of carbonyl (C=O) groups is 1. The van der Waals surface area contributed by atoms with Gasteiger partial charge in [-0.25, -0.2) is 4.98 Å². The molecular formula is C13H16N4O2S2. The zero-order valence-electron chi connectivity index (χ0n) is 11.9. The molecule has 0 saturated carbocycles. The highest BCUT2D eigenvalue weighted by atomic mass is 32.2. The molecule has 0 spiro atoms. The van der Waals surface area contributed by atoms with Gasteiger partial charge in [0.05, 0.1) is 23.7 Å². The SMILES string of the molecule is COc1ccc(NC(=O)C(C)Sc2nc(C)ns2)c(N)c1. The number of benzene rings is 1. The highest BCUT2D eigenvalue weighted by Gasteiger charge is 2.17. The van der Waals surface area contributed by atoms with Gasteiger partial charge in [0.25, 0.3) is 0 Å². The molecule has 21 heavy (non-hydrogen) atoms. The van der Waals surface area contributed by atoms with Crippen molar-refractivity contribution in [3.8, 4) is 5.75 Å². The molecule has 0 aliphatic rings. The first kappa shape index (κ1) is 15.6. The maximum Gasteiger partial charge on any atom is 0.237 e. The van der Waals surface area contributed by atoms with E-state index in [-0.39, 0.29) is 11.2 Å². The second kappa shape index (κ2) is 6.77. The highest BCUT2D eigenvalue weighted by molar-refractivity contribution is 8.02. The Morgan fingerprint density at radius 2 is 2.29 bits per heavy atom. The Balaban J connectivity index is 2.00. The molecule has 0 fully saturated rings. The van der Waals surface area contributed by atoms with Gasteiger partial charge in [-0.1, -0.05) is 11.8 Å². The number of carbonyl (C=O) groups excluding carboxylic acids is 1. The van der Waals surface area contributed by atoms with Crippen LogP contribution in [0.15, 0.2) is 22.5 Å². The van der Waals surface area contributed by atoms with E-state index in [9.17, 15) is 4.79 Å². The smallest absolute Gasteiger partial charge is 0.237 e. The topological polar surface area (TPSA) is 90.1 Å². The van der Waals surface area contributed by atoms with Crippen LogP contribution < -0.4 is 15.8 Å². The molecule has 1 atom stereocenters. The summed E-state index contributed by atoms with van der Waals surface area (Å²) >= 11 is 2.66. The second-order valence-corrected chi connectivity index (χ2v) is 6.65. The monoisotopic (exact) mass is 324 g/mol. The van der Waals surface area contributed by atoms with E-state index in [4.69, 9.17) is 10.5 Å². The zero-order chi connectivity index (χ0) is 15.4. The first-order chi connectivity index (χ1) is 9.99. The van der Waals surface area contributed by atoms with E-state index in [0.717, 1.165) is 10.2 Å². The molecule has 1 amide bonds. The summed E-state index contributed by atoms with van der Waals surface area (Å²) in [5.41, 5.74) is 6.91. The number of ether oxygens (including phenoxy) is 1. The number of hydrogen-bond donors (Lipinski definition) is 2. The molecule has 1 aromatic carbocycles. The van der Waals surface area contributed by atoms with Crippen LogP contribution >= 0.6 is 23.3 Å². The van der Waals surface area contributed by atoms with Gasteiger partial charge >= 0.3 is 0 Å². The van der Waals surface area contributed by atoms with E-state index in [2.05, 4.69) is 14.7 Å². The maximum atomic E-state index is 12.2. The van der Waals surface area contributed by atoms with Crippen molar-refractivity contribution in [2.45, 2.75) is 23.4 Å². The van der Waals surface area contributed by atoms with Crippen LogP contribution in [0.3, 0.4) is 0 Å². The van der Waals surface area contributed by atoms with Gasteiger partial charge in [0.1, 0.15) is 11.6 Å². The lowest BCUT2D eigenvalue weighted by Gasteiger charge is -2.12.